The maximum Gasteiger partial charge on any atom is 0.123 e. The van der Waals surface area contributed by atoms with Crippen molar-refractivity contribution in [1.82, 2.24) is 0 Å². The lowest BCUT2D eigenvalue weighted by atomic mass is 9.94. The van der Waals surface area contributed by atoms with Gasteiger partial charge < -0.3 is 0 Å². The molecule has 0 heterocycles. The van der Waals surface area contributed by atoms with Gasteiger partial charge in [-0.25, -0.2) is 4.39 Å². The summed E-state index contributed by atoms with van der Waals surface area (Å²) in [5.41, 5.74) is 2.17. The Hall–Kier alpha value is -0.860. The summed E-state index contributed by atoms with van der Waals surface area (Å²) in [7, 11) is 0. The van der Waals surface area contributed by atoms with E-state index in [2.05, 4.69) is 15.9 Å². The van der Waals surface area contributed by atoms with E-state index in [0.29, 0.717) is 5.92 Å². The fourth-order valence-corrected chi connectivity index (χ4v) is 2.82. The average molecular weight is 342 g/mol. The fraction of sp³-hybridized carbons (Fsp3) is 0.250. The molecule has 1 unspecified atom stereocenters. The zero-order chi connectivity index (χ0) is 13.7. The van der Waals surface area contributed by atoms with Crippen molar-refractivity contribution in [3.63, 3.8) is 0 Å². The molecule has 0 saturated carbocycles. The maximum absolute atomic E-state index is 13.2. The van der Waals surface area contributed by atoms with Crippen LogP contribution in [0.1, 0.15) is 11.1 Å². The van der Waals surface area contributed by atoms with Gasteiger partial charge in [0.2, 0.25) is 0 Å². The minimum absolute atomic E-state index is 0.177. The summed E-state index contributed by atoms with van der Waals surface area (Å²) in [6, 6.07) is 14.7. The zero-order valence-electron chi connectivity index (χ0n) is 10.5. The van der Waals surface area contributed by atoms with E-state index in [1.165, 1.54) is 6.07 Å². The molecule has 0 spiro atoms. The standard InChI is InChI=1S/C16H15BrClF/c17-11-13(8-12-4-3-6-15(19)10-12)9-14-5-1-2-7-16(14)18/h1-7,10,13H,8-9,11H2. The Labute approximate surface area is 126 Å². The molecule has 0 aromatic heterocycles. The largest absolute Gasteiger partial charge is 0.207 e. The summed E-state index contributed by atoms with van der Waals surface area (Å²) >= 11 is 9.72. The Balaban J connectivity index is 2.07. The van der Waals surface area contributed by atoms with Crippen molar-refractivity contribution in [2.24, 2.45) is 5.92 Å². The molecule has 0 amide bonds. The van der Waals surface area contributed by atoms with Crippen LogP contribution in [-0.4, -0.2) is 5.33 Å². The Morgan fingerprint density at radius 1 is 1.05 bits per heavy atom. The third kappa shape index (κ3) is 4.32. The molecule has 3 heteroatoms. The quantitative estimate of drug-likeness (QED) is 0.649. The Morgan fingerprint density at radius 3 is 2.53 bits per heavy atom. The van der Waals surface area contributed by atoms with Gasteiger partial charge in [-0.3, -0.25) is 0 Å². The van der Waals surface area contributed by atoms with Crippen LogP contribution in [-0.2, 0) is 12.8 Å². The number of benzene rings is 2. The first-order valence-electron chi connectivity index (χ1n) is 6.23. The van der Waals surface area contributed by atoms with E-state index in [4.69, 9.17) is 11.6 Å². The summed E-state index contributed by atoms with van der Waals surface area (Å²) in [4.78, 5) is 0. The van der Waals surface area contributed by atoms with Gasteiger partial charge in [-0.15, -0.1) is 0 Å². The molecule has 2 aromatic carbocycles. The van der Waals surface area contributed by atoms with E-state index in [-0.39, 0.29) is 5.82 Å². The van der Waals surface area contributed by atoms with Gasteiger partial charge in [0.25, 0.3) is 0 Å². The molecule has 19 heavy (non-hydrogen) atoms. The highest BCUT2D eigenvalue weighted by molar-refractivity contribution is 9.09. The molecular formula is C16H15BrClF. The number of rotatable bonds is 5. The van der Waals surface area contributed by atoms with Gasteiger partial charge in [0.05, 0.1) is 0 Å². The summed E-state index contributed by atoms with van der Waals surface area (Å²) in [5, 5.41) is 1.67. The molecule has 0 N–H and O–H groups in total. The summed E-state index contributed by atoms with van der Waals surface area (Å²) in [6.07, 6.45) is 1.73. The smallest absolute Gasteiger partial charge is 0.123 e. The lowest BCUT2D eigenvalue weighted by Gasteiger charge is -2.15. The van der Waals surface area contributed by atoms with Gasteiger partial charge in [0.1, 0.15) is 5.82 Å². The van der Waals surface area contributed by atoms with E-state index in [9.17, 15) is 4.39 Å². The van der Waals surface area contributed by atoms with Crippen molar-refractivity contribution >= 4 is 27.5 Å². The molecular weight excluding hydrogens is 327 g/mol. The third-order valence-electron chi connectivity index (χ3n) is 3.10. The highest BCUT2D eigenvalue weighted by atomic mass is 79.9. The predicted octanol–water partition coefficient (Wildman–Crippen LogP) is 5.28. The van der Waals surface area contributed by atoms with Crippen molar-refractivity contribution in [2.45, 2.75) is 12.8 Å². The molecule has 1 atom stereocenters. The second-order valence-corrected chi connectivity index (χ2v) is 5.70. The number of alkyl halides is 1. The van der Waals surface area contributed by atoms with Crippen LogP contribution in [0.4, 0.5) is 4.39 Å². The molecule has 0 aliphatic heterocycles. The first kappa shape index (κ1) is 14.5. The monoisotopic (exact) mass is 340 g/mol. The highest BCUT2D eigenvalue weighted by Gasteiger charge is 2.11. The normalized spacial score (nSPS) is 12.4. The van der Waals surface area contributed by atoms with Crippen molar-refractivity contribution in [2.75, 3.05) is 5.33 Å². The van der Waals surface area contributed by atoms with Gasteiger partial charge in [0.15, 0.2) is 0 Å². The molecule has 2 aromatic rings. The van der Waals surface area contributed by atoms with Crippen LogP contribution in [0.2, 0.25) is 5.02 Å². The zero-order valence-corrected chi connectivity index (χ0v) is 12.8. The fourth-order valence-electron chi connectivity index (χ4n) is 2.15. The van der Waals surface area contributed by atoms with Gasteiger partial charge in [-0.05, 0) is 48.1 Å². The molecule has 100 valence electrons. The third-order valence-corrected chi connectivity index (χ3v) is 4.38. The van der Waals surface area contributed by atoms with Gasteiger partial charge in [-0.2, -0.15) is 0 Å². The van der Waals surface area contributed by atoms with Crippen LogP contribution in [0.5, 0.6) is 0 Å². The van der Waals surface area contributed by atoms with Crippen LogP contribution in [0.3, 0.4) is 0 Å². The number of hydrogen-bond acceptors (Lipinski definition) is 0. The maximum atomic E-state index is 13.2. The van der Waals surface area contributed by atoms with Crippen LogP contribution in [0.25, 0.3) is 0 Å². The van der Waals surface area contributed by atoms with E-state index in [1.807, 2.05) is 30.3 Å². The second kappa shape index (κ2) is 7.06. The molecule has 0 radical (unpaired) electrons. The minimum Gasteiger partial charge on any atom is -0.207 e. The van der Waals surface area contributed by atoms with E-state index < -0.39 is 0 Å². The minimum atomic E-state index is -0.177. The molecule has 0 aliphatic rings. The van der Waals surface area contributed by atoms with Gasteiger partial charge in [-0.1, -0.05) is 57.9 Å². The van der Waals surface area contributed by atoms with Gasteiger partial charge in [0, 0.05) is 10.4 Å². The van der Waals surface area contributed by atoms with Crippen molar-refractivity contribution < 1.29 is 4.39 Å². The number of halogens is 3. The lowest BCUT2D eigenvalue weighted by Crippen LogP contribution is -2.10. The van der Waals surface area contributed by atoms with Crippen LogP contribution < -0.4 is 0 Å². The predicted molar refractivity (Wildman–Crippen MR) is 82.5 cm³/mol. The summed E-state index contributed by atoms with van der Waals surface area (Å²) in [6.45, 7) is 0. The van der Waals surface area contributed by atoms with Crippen LogP contribution >= 0.6 is 27.5 Å². The highest BCUT2D eigenvalue weighted by Crippen LogP contribution is 2.22. The molecule has 0 saturated heterocycles. The number of hydrogen-bond donors (Lipinski definition) is 0. The molecule has 0 aliphatic carbocycles. The Bertz CT molecular complexity index is 542. The molecule has 2 rings (SSSR count). The molecule has 0 nitrogen and oxygen atoms in total. The molecule has 0 fully saturated rings. The van der Waals surface area contributed by atoms with E-state index in [0.717, 1.165) is 34.3 Å². The lowest BCUT2D eigenvalue weighted by molar-refractivity contribution is 0.582. The Kier molecular flexibility index (Phi) is 5.41. The SMILES string of the molecule is Fc1cccc(CC(CBr)Cc2ccccc2Cl)c1. The van der Waals surface area contributed by atoms with Crippen LogP contribution in [0, 0.1) is 11.7 Å². The van der Waals surface area contributed by atoms with Crippen molar-refractivity contribution in [3.8, 4) is 0 Å². The van der Waals surface area contributed by atoms with E-state index >= 15 is 0 Å². The average Bonchev–Trinajstić information content (AvgIpc) is 2.40. The summed E-state index contributed by atoms with van der Waals surface area (Å²) in [5.74, 6) is 0.227. The first-order valence-corrected chi connectivity index (χ1v) is 7.73. The topological polar surface area (TPSA) is 0 Å². The van der Waals surface area contributed by atoms with Crippen LogP contribution in [0.15, 0.2) is 48.5 Å². The first-order chi connectivity index (χ1) is 9.19. The van der Waals surface area contributed by atoms with Crippen molar-refractivity contribution in [3.05, 3.63) is 70.5 Å². The van der Waals surface area contributed by atoms with Gasteiger partial charge >= 0.3 is 0 Å². The molecule has 0 bridgehead atoms. The Morgan fingerprint density at radius 2 is 1.84 bits per heavy atom. The van der Waals surface area contributed by atoms with Crippen molar-refractivity contribution in [1.29, 1.82) is 0 Å². The second-order valence-electron chi connectivity index (χ2n) is 4.65. The van der Waals surface area contributed by atoms with E-state index in [1.54, 1.807) is 12.1 Å². The summed E-state index contributed by atoms with van der Waals surface area (Å²) < 4.78 is 13.2.